The van der Waals surface area contributed by atoms with Crippen molar-refractivity contribution in [3.8, 4) is 0 Å². The highest BCUT2D eigenvalue weighted by molar-refractivity contribution is 4.95. The van der Waals surface area contributed by atoms with Crippen molar-refractivity contribution in [1.82, 2.24) is 5.43 Å². The summed E-state index contributed by atoms with van der Waals surface area (Å²) in [6.45, 7) is 4.44. The van der Waals surface area contributed by atoms with Crippen molar-refractivity contribution in [3.63, 3.8) is 0 Å². The molecule has 3 N–H and O–H groups in total. The summed E-state index contributed by atoms with van der Waals surface area (Å²) in [5.74, 6) is 6.82. The minimum atomic E-state index is 0.426. The number of hydrazine groups is 1. The van der Waals surface area contributed by atoms with Crippen LogP contribution in [0.4, 0.5) is 0 Å². The molecule has 2 bridgehead atoms. The topological polar surface area (TPSA) is 47.3 Å². The van der Waals surface area contributed by atoms with Crippen LogP contribution < -0.4 is 11.3 Å². The van der Waals surface area contributed by atoms with Gasteiger partial charge in [0.25, 0.3) is 0 Å². The summed E-state index contributed by atoms with van der Waals surface area (Å²) >= 11 is 0. The Labute approximate surface area is 80.0 Å². The predicted octanol–water partition coefficient (Wildman–Crippen LogP) is 1.04. The van der Waals surface area contributed by atoms with Crippen molar-refractivity contribution in [2.45, 2.75) is 51.4 Å². The van der Waals surface area contributed by atoms with E-state index in [4.69, 9.17) is 10.6 Å². The third-order valence-corrected chi connectivity index (χ3v) is 3.52. The molecule has 2 rings (SSSR count). The van der Waals surface area contributed by atoms with Gasteiger partial charge in [-0.05, 0) is 25.2 Å². The van der Waals surface area contributed by atoms with Gasteiger partial charge in [0.15, 0.2) is 0 Å². The Morgan fingerprint density at radius 3 is 2.54 bits per heavy atom. The van der Waals surface area contributed by atoms with Crippen LogP contribution in [-0.2, 0) is 4.74 Å². The van der Waals surface area contributed by atoms with Crippen LogP contribution in [0, 0.1) is 11.8 Å². The van der Waals surface area contributed by atoms with Gasteiger partial charge in [-0.3, -0.25) is 11.3 Å². The number of hydrogen-bond acceptors (Lipinski definition) is 3. The standard InChI is InChI=1S/C10H20N2O/c1-6(2)10(12-11)8-5-7-3-4-9(8)13-7/h6-10,12H,3-5,11H2,1-2H3. The Morgan fingerprint density at radius 1 is 1.38 bits per heavy atom. The van der Waals surface area contributed by atoms with Gasteiger partial charge in [-0.15, -0.1) is 0 Å². The van der Waals surface area contributed by atoms with Gasteiger partial charge in [0.05, 0.1) is 12.2 Å². The van der Waals surface area contributed by atoms with Gasteiger partial charge in [-0.2, -0.15) is 0 Å². The molecule has 0 aromatic carbocycles. The highest BCUT2D eigenvalue weighted by Gasteiger charge is 2.44. The Kier molecular flexibility index (Phi) is 2.58. The number of rotatable bonds is 3. The Hall–Kier alpha value is -0.120. The minimum Gasteiger partial charge on any atom is -0.375 e. The zero-order valence-electron chi connectivity index (χ0n) is 8.49. The third kappa shape index (κ3) is 1.60. The highest BCUT2D eigenvalue weighted by Crippen LogP contribution is 2.41. The maximum Gasteiger partial charge on any atom is 0.0624 e. The second-order valence-electron chi connectivity index (χ2n) is 4.71. The van der Waals surface area contributed by atoms with E-state index in [9.17, 15) is 0 Å². The first-order valence-electron chi connectivity index (χ1n) is 5.34. The molecule has 0 spiro atoms. The lowest BCUT2D eigenvalue weighted by Crippen LogP contribution is -2.47. The van der Waals surface area contributed by atoms with E-state index in [2.05, 4.69) is 19.3 Å². The van der Waals surface area contributed by atoms with Gasteiger partial charge >= 0.3 is 0 Å². The molecular weight excluding hydrogens is 164 g/mol. The highest BCUT2D eigenvalue weighted by atomic mass is 16.5. The van der Waals surface area contributed by atoms with E-state index in [1.807, 2.05) is 0 Å². The van der Waals surface area contributed by atoms with Crippen LogP contribution in [0.15, 0.2) is 0 Å². The first-order chi connectivity index (χ1) is 6.22. The number of ether oxygens (including phenoxy) is 1. The van der Waals surface area contributed by atoms with Crippen LogP contribution in [0.3, 0.4) is 0 Å². The summed E-state index contributed by atoms with van der Waals surface area (Å²) in [7, 11) is 0. The zero-order valence-corrected chi connectivity index (χ0v) is 8.49. The van der Waals surface area contributed by atoms with E-state index in [0.717, 1.165) is 0 Å². The smallest absolute Gasteiger partial charge is 0.0624 e. The lowest BCUT2D eigenvalue weighted by Gasteiger charge is -2.30. The van der Waals surface area contributed by atoms with Gasteiger partial charge in [0, 0.05) is 12.0 Å². The fourth-order valence-corrected chi connectivity index (χ4v) is 2.87. The summed E-state index contributed by atoms with van der Waals surface area (Å²) in [6.07, 6.45) is 4.71. The first-order valence-corrected chi connectivity index (χ1v) is 5.34. The molecule has 2 saturated heterocycles. The number of nitrogens with one attached hydrogen (secondary N) is 1. The number of nitrogens with two attached hydrogens (primary N) is 1. The van der Waals surface area contributed by atoms with Crippen molar-refractivity contribution in [2.75, 3.05) is 0 Å². The maximum absolute atomic E-state index is 5.82. The molecular formula is C10H20N2O. The largest absolute Gasteiger partial charge is 0.375 e. The van der Waals surface area contributed by atoms with E-state index in [0.29, 0.717) is 30.1 Å². The second-order valence-corrected chi connectivity index (χ2v) is 4.71. The molecule has 76 valence electrons. The van der Waals surface area contributed by atoms with Crippen molar-refractivity contribution >= 4 is 0 Å². The molecule has 2 fully saturated rings. The summed E-state index contributed by atoms with van der Waals surface area (Å²) in [4.78, 5) is 0. The molecule has 2 aliphatic rings. The molecule has 0 aliphatic carbocycles. The molecule has 3 nitrogen and oxygen atoms in total. The fourth-order valence-electron chi connectivity index (χ4n) is 2.87. The molecule has 13 heavy (non-hydrogen) atoms. The van der Waals surface area contributed by atoms with E-state index >= 15 is 0 Å². The van der Waals surface area contributed by atoms with Crippen LogP contribution in [0.2, 0.25) is 0 Å². The van der Waals surface area contributed by atoms with Crippen LogP contribution in [0.5, 0.6) is 0 Å². The molecule has 4 atom stereocenters. The van der Waals surface area contributed by atoms with Crippen LogP contribution in [0.1, 0.15) is 33.1 Å². The molecule has 0 aromatic heterocycles. The molecule has 0 amide bonds. The number of fused-ring (bicyclic) bond motifs is 2. The summed E-state index contributed by atoms with van der Waals surface area (Å²) in [5, 5.41) is 0. The van der Waals surface area contributed by atoms with Gasteiger partial charge in [0.2, 0.25) is 0 Å². The lowest BCUT2D eigenvalue weighted by atomic mass is 9.80. The van der Waals surface area contributed by atoms with E-state index in [-0.39, 0.29) is 0 Å². The zero-order chi connectivity index (χ0) is 9.42. The van der Waals surface area contributed by atoms with Crippen LogP contribution >= 0.6 is 0 Å². The summed E-state index contributed by atoms with van der Waals surface area (Å²) in [5.41, 5.74) is 2.95. The van der Waals surface area contributed by atoms with Gasteiger partial charge < -0.3 is 4.74 Å². The quantitative estimate of drug-likeness (QED) is 0.509. The molecule has 0 radical (unpaired) electrons. The van der Waals surface area contributed by atoms with Crippen molar-refractivity contribution in [1.29, 1.82) is 0 Å². The SMILES string of the molecule is CC(C)C(NN)C1CC2CCC1O2. The van der Waals surface area contributed by atoms with Crippen molar-refractivity contribution < 1.29 is 4.74 Å². The first kappa shape index (κ1) is 9.44. The van der Waals surface area contributed by atoms with Gasteiger partial charge in [-0.25, -0.2) is 0 Å². The predicted molar refractivity (Wildman–Crippen MR) is 52.0 cm³/mol. The maximum atomic E-state index is 5.82. The lowest BCUT2D eigenvalue weighted by molar-refractivity contribution is 0.0812. The Bertz CT molecular complexity index is 184. The normalized spacial score (nSPS) is 40.2. The fraction of sp³-hybridized carbons (Fsp3) is 1.00. The molecule has 3 heteroatoms. The molecule has 2 heterocycles. The molecule has 4 unspecified atom stereocenters. The van der Waals surface area contributed by atoms with E-state index in [1.165, 1.54) is 19.3 Å². The summed E-state index contributed by atoms with van der Waals surface area (Å²) in [6, 6.07) is 0.426. The molecule has 0 aromatic rings. The van der Waals surface area contributed by atoms with Crippen molar-refractivity contribution in [2.24, 2.45) is 17.7 Å². The van der Waals surface area contributed by atoms with E-state index in [1.54, 1.807) is 0 Å². The molecule has 2 aliphatic heterocycles. The average molecular weight is 184 g/mol. The van der Waals surface area contributed by atoms with Crippen LogP contribution in [-0.4, -0.2) is 18.2 Å². The number of hydrogen-bond donors (Lipinski definition) is 2. The second kappa shape index (κ2) is 3.56. The van der Waals surface area contributed by atoms with Gasteiger partial charge in [0.1, 0.15) is 0 Å². The Morgan fingerprint density at radius 2 is 2.15 bits per heavy atom. The van der Waals surface area contributed by atoms with Gasteiger partial charge in [-0.1, -0.05) is 13.8 Å². The monoisotopic (exact) mass is 184 g/mol. The minimum absolute atomic E-state index is 0.426. The average Bonchev–Trinajstić information content (AvgIpc) is 2.65. The van der Waals surface area contributed by atoms with Crippen molar-refractivity contribution in [3.05, 3.63) is 0 Å². The Balaban J connectivity index is 2.00. The van der Waals surface area contributed by atoms with E-state index < -0.39 is 0 Å². The van der Waals surface area contributed by atoms with Crippen LogP contribution in [0.25, 0.3) is 0 Å². The third-order valence-electron chi connectivity index (χ3n) is 3.52. The summed E-state index contributed by atoms with van der Waals surface area (Å²) < 4.78 is 5.82. The molecule has 0 saturated carbocycles.